The number of benzene rings is 2. The van der Waals surface area contributed by atoms with Crippen molar-refractivity contribution < 1.29 is 19.0 Å². The Hall–Kier alpha value is -2.53. The Bertz CT molecular complexity index is 643. The molecule has 0 bridgehead atoms. The number of hydrogen-bond donors (Lipinski definition) is 1. The molecule has 0 aromatic heterocycles. The van der Waals surface area contributed by atoms with Gasteiger partial charge in [-0.05, 0) is 48.2 Å². The van der Waals surface area contributed by atoms with Crippen LogP contribution >= 0.6 is 0 Å². The summed E-state index contributed by atoms with van der Waals surface area (Å²) in [5.74, 6) is 1.49. The summed E-state index contributed by atoms with van der Waals surface area (Å²) >= 11 is 0. The SMILES string of the molecule is COc1ccc(C(NC(=O)[C@H]2CCCO2)c2ccc(OC)cc2)cc1. The molecule has 1 N–H and O–H groups in total. The molecule has 0 aliphatic carbocycles. The average Bonchev–Trinajstić information content (AvgIpc) is 3.21. The van der Waals surface area contributed by atoms with Gasteiger partial charge in [0, 0.05) is 6.61 Å². The normalized spacial score (nSPS) is 16.7. The van der Waals surface area contributed by atoms with Crippen LogP contribution in [-0.4, -0.2) is 32.8 Å². The molecule has 3 rings (SSSR count). The highest BCUT2D eigenvalue weighted by molar-refractivity contribution is 5.81. The van der Waals surface area contributed by atoms with Crippen molar-refractivity contribution in [2.24, 2.45) is 0 Å². The molecule has 132 valence electrons. The van der Waals surface area contributed by atoms with Crippen molar-refractivity contribution in [2.45, 2.75) is 25.0 Å². The third-order valence-corrected chi connectivity index (χ3v) is 4.41. The van der Waals surface area contributed by atoms with Crippen molar-refractivity contribution in [3.63, 3.8) is 0 Å². The molecule has 1 atom stereocenters. The molecular formula is C20H23NO4. The average molecular weight is 341 g/mol. The molecule has 5 nitrogen and oxygen atoms in total. The molecule has 5 heteroatoms. The van der Waals surface area contributed by atoms with Gasteiger partial charge in [0.25, 0.3) is 0 Å². The molecule has 0 saturated carbocycles. The van der Waals surface area contributed by atoms with E-state index in [4.69, 9.17) is 14.2 Å². The van der Waals surface area contributed by atoms with Crippen molar-refractivity contribution in [1.82, 2.24) is 5.32 Å². The standard InChI is InChI=1S/C20H23NO4/c1-23-16-9-5-14(6-10-16)19(15-7-11-17(24-2)12-8-15)21-20(22)18-4-3-13-25-18/h5-12,18-19H,3-4,13H2,1-2H3,(H,21,22)/t18-/m1/s1. The van der Waals surface area contributed by atoms with E-state index in [1.165, 1.54) is 0 Å². The molecule has 2 aromatic rings. The number of carbonyl (C=O) groups is 1. The van der Waals surface area contributed by atoms with Crippen LogP contribution in [0.15, 0.2) is 48.5 Å². The second-order valence-electron chi connectivity index (χ2n) is 5.99. The second kappa shape index (κ2) is 8.03. The Morgan fingerprint density at radius 3 is 1.92 bits per heavy atom. The topological polar surface area (TPSA) is 56.8 Å². The number of rotatable bonds is 6. The lowest BCUT2D eigenvalue weighted by molar-refractivity contribution is -0.130. The Kier molecular flexibility index (Phi) is 5.56. The van der Waals surface area contributed by atoms with Crippen molar-refractivity contribution >= 4 is 5.91 Å². The van der Waals surface area contributed by atoms with Crippen LogP contribution in [0.2, 0.25) is 0 Å². The van der Waals surface area contributed by atoms with E-state index in [1.54, 1.807) is 14.2 Å². The van der Waals surface area contributed by atoms with E-state index in [2.05, 4.69) is 5.32 Å². The molecule has 0 unspecified atom stereocenters. The van der Waals surface area contributed by atoms with E-state index in [0.717, 1.165) is 35.5 Å². The molecule has 1 aliphatic rings. The van der Waals surface area contributed by atoms with Gasteiger partial charge in [0.05, 0.1) is 20.3 Å². The van der Waals surface area contributed by atoms with Gasteiger partial charge in [0.2, 0.25) is 5.91 Å². The van der Waals surface area contributed by atoms with Crippen molar-refractivity contribution in [2.75, 3.05) is 20.8 Å². The maximum Gasteiger partial charge on any atom is 0.249 e. The van der Waals surface area contributed by atoms with Gasteiger partial charge in [-0.15, -0.1) is 0 Å². The highest BCUT2D eigenvalue weighted by Gasteiger charge is 2.26. The van der Waals surface area contributed by atoms with Crippen LogP contribution in [0.3, 0.4) is 0 Å². The Morgan fingerprint density at radius 1 is 1.00 bits per heavy atom. The quantitative estimate of drug-likeness (QED) is 0.877. The number of methoxy groups -OCH3 is 2. The lowest BCUT2D eigenvalue weighted by atomic mass is 9.98. The summed E-state index contributed by atoms with van der Waals surface area (Å²) in [6.07, 6.45) is 1.33. The summed E-state index contributed by atoms with van der Waals surface area (Å²) < 4.78 is 16.0. The number of hydrogen-bond acceptors (Lipinski definition) is 4. The zero-order valence-corrected chi connectivity index (χ0v) is 14.5. The summed E-state index contributed by atoms with van der Waals surface area (Å²) in [5, 5.41) is 3.12. The van der Waals surface area contributed by atoms with E-state index in [1.807, 2.05) is 48.5 Å². The van der Waals surface area contributed by atoms with Crippen LogP contribution in [0.1, 0.15) is 30.0 Å². The van der Waals surface area contributed by atoms with Gasteiger partial charge >= 0.3 is 0 Å². The van der Waals surface area contributed by atoms with Gasteiger partial charge in [-0.2, -0.15) is 0 Å². The first-order chi connectivity index (χ1) is 12.2. The minimum Gasteiger partial charge on any atom is -0.497 e. The fourth-order valence-electron chi connectivity index (χ4n) is 2.97. The van der Waals surface area contributed by atoms with Gasteiger partial charge in [-0.3, -0.25) is 4.79 Å². The molecular weight excluding hydrogens is 318 g/mol. The Labute approximate surface area is 147 Å². The van der Waals surface area contributed by atoms with Crippen LogP contribution in [0.4, 0.5) is 0 Å². The molecule has 25 heavy (non-hydrogen) atoms. The highest BCUT2D eigenvalue weighted by Crippen LogP contribution is 2.26. The lowest BCUT2D eigenvalue weighted by Gasteiger charge is -2.22. The minimum atomic E-state index is -0.362. The summed E-state index contributed by atoms with van der Waals surface area (Å²) in [5.41, 5.74) is 1.97. The van der Waals surface area contributed by atoms with Gasteiger partial charge in [0.1, 0.15) is 17.6 Å². The number of ether oxygens (including phenoxy) is 3. The van der Waals surface area contributed by atoms with Crippen LogP contribution in [0.25, 0.3) is 0 Å². The minimum absolute atomic E-state index is 0.0749. The molecule has 2 aromatic carbocycles. The molecule has 1 saturated heterocycles. The first-order valence-electron chi connectivity index (χ1n) is 8.41. The summed E-state index contributed by atoms with van der Waals surface area (Å²) in [6.45, 7) is 0.647. The Morgan fingerprint density at radius 2 is 1.52 bits per heavy atom. The molecule has 1 amide bonds. The second-order valence-corrected chi connectivity index (χ2v) is 5.99. The van der Waals surface area contributed by atoms with Gasteiger partial charge in [-0.25, -0.2) is 0 Å². The van der Waals surface area contributed by atoms with Crippen molar-refractivity contribution in [1.29, 1.82) is 0 Å². The zero-order chi connectivity index (χ0) is 17.6. The number of nitrogens with one attached hydrogen (secondary N) is 1. The van der Waals surface area contributed by atoms with Crippen LogP contribution < -0.4 is 14.8 Å². The molecule has 1 fully saturated rings. The summed E-state index contributed by atoms with van der Waals surface area (Å²) in [7, 11) is 3.27. The van der Waals surface area contributed by atoms with Crippen LogP contribution in [0.5, 0.6) is 11.5 Å². The van der Waals surface area contributed by atoms with Crippen LogP contribution in [0, 0.1) is 0 Å². The zero-order valence-electron chi connectivity index (χ0n) is 14.5. The third-order valence-electron chi connectivity index (χ3n) is 4.41. The third kappa shape index (κ3) is 4.12. The monoisotopic (exact) mass is 341 g/mol. The molecule has 1 heterocycles. The van der Waals surface area contributed by atoms with E-state index in [0.29, 0.717) is 6.61 Å². The first kappa shape index (κ1) is 17.3. The lowest BCUT2D eigenvalue weighted by Crippen LogP contribution is -2.37. The predicted octanol–water partition coefficient (Wildman–Crippen LogP) is 3.09. The smallest absolute Gasteiger partial charge is 0.249 e. The van der Waals surface area contributed by atoms with E-state index in [-0.39, 0.29) is 18.1 Å². The summed E-state index contributed by atoms with van der Waals surface area (Å²) in [4.78, 5) is 12.6. The molecule has 0 radical (unpaired) electrons. The van der Waals surface area contributed by atoms with Crippen LogP contribution in [-0.2, 0) is 9.53 Å². The van der Waals surface area contributed by atoms with Gasteiger partial charge < -0.3 is 19.5 Å². The Balaban J connectivity index is 1.87. The molecule has 1 aliphatic heterocycles. The maximum absolute atomic E-state index is 12.6. The van der Waals surface area contributed by atoms with Gasteiger partial charge in [0.15, 0.2) is 0 Å². The fourth-order valence-corrected chi connectivity index (χ4v) is 2.97. The van der Waals surface area contributed by atoms with E-state index < -0.39 is 0 Å². The van der Waals surface area contributed by atoms with Crippen molar-refractivity contribution in [3.05, 3.63) is 59.7 Å². The first-order valence-corrected chi connectivity index (χ1v) is 8.41. The summed E-state index contributed by atoms with van der Waals surface area (Å²) in [6, 6.07) is 15.2. The largest absolute Gasteiger partial charge is 0.497 e. The van der Waals surface area contributed by atoms with E-state index in [9.17, 15) is 4.79 Å². The number of carbonyl (C=O) groups excluding carboxylic acids is 1. The predicted molar refractivity (Wildman–Crippen MR) is 94.9 cm³/mol. The fraction of sp³-hybridized carbons (Fsp3) is 0.350. The van der Waals surface area contributed by atoms with Crippen molar-refractivity contribution in [3.8, 4) is 11.5 Å². The number of amides is 1. The van der Waals surface area contributed by atoms with E-state index >= 15 is 0 Å². The maximum atomic E-state index is 12.6. The van der Waals surface area contributed by atoms with Gasteiger partial charge in [-0.1, -0.05) is 24.3 Å². The molecule has 0 spiro atoms. The highest BCUT2D eigenvalue weighted by atomic mass is 16.5.